The average Bonchev–Trinajstić information content (AvgIpc) is 2.68. The maximum absolute atomic E-state index is 12.7. The van der Waals surface area contributed by atoms with Crippen molar-refractivity contribution in [2.24, 2.45) is 0 Å². The van der Waals surface area contributed by atoms with Gasteiger partial charge in [-0.25, -0.2) is 8.42 Å². The Morgan fingerprint density at radius 3 is 2.37 bits per heavy atom. The van der Waals surface area contributed by atoms with Gasteiger partial charge in [0.15, 0.2) is 0 Å². The Bertz CT molecular complexity index is 1050. The lowest BCUT2D eigenvalue weighted by Crippen LogP contribution is -2.13. The van der Waals surface area contributed by atoms with Crippen molar-refractivity contribution in [1.29, 1.82) is 0 Å². The lowest BCUT2D eigenvalue weighted by Gasteiger charge is -2.12. The van der Waals surface area contributed by atoms with E-state index in [9.17, 15) is 8.42 Å². The Kier molecular flexibility index (Phi) is 5.78. The molecule has 3 aromatic rings. The lowest BCUT2D eigenvalue weighted by molar-refractivity contribution is 0.414. The van der Waals surface area contributed by atoms with Gasteiger partial charge in [-0.1, -0.05) is 29.8 Å². The quantitative estimate of drug-likeness (QED) is 0.650. The molecule has 27 heavy (non-hydrogen) atoms. The largest absolute Gasteiger partial charge is 0.497 e. The maximum atomic E-state index is 12.7. The first-order chi connectivity index (χ1) is 13.0. The number of nitrogens with one attached hydrogen (secondary N) is 1. The van der Waals surface area contributed by atoms with E-state index in [1.165, 1.54) is 19.2 Å². The first-order valence-corrected chi connectivity index (χ1v) is 9.88. The summed E-state index contributed by atoms with van der Waals surface area (Å²) in [7, 11) is -2.25. The number of aromatic nitrogens is 1. The van der Waals surface area contributed by atoms with Crippen LogP contribution in [0.5, 0.6) is 5.75 Å². The summed E-state index contributed by atoms with van der Waals surface area (Å²) in [5, 5.41) is 0.434. The smallest absolute Gasteiger partial charge is 0.261 e. The van der Waals surface area contributed by atoms with Crippen LogP contribution in [0.2, 0.25) is 5.02 Å². The summed E-state index contributed by atoms with van der Waals surface area (Å²) < 4.78 is 33.1. The highest BCUT2D eigenvalue weighted by atomic mass is 35.5. The SMILES string of the molecule is COc1ccc(S(=O)(=O)Nc2cc(Cl)ccc2C=Cc2ccncc2)cc1. The molecule has 0 aliphatic heterocycles. The molecule has 0 aliphatic carbocycles. The van der Waals surface area contributed by atoms with Gasteiger partial charge in [0.1, 0.15) is 5.75 Å². The first kappa shape index (κ1) is 18.9. The van der Waals surface area contributed by atoms with E-state index in [4.69, 9.17) is 16.3 Å². The molecule has 0 radical (unpaired) electrons. The molecule has 0 unspecified atom stereocenters. The standard InChI is InChI=1S/C20H17ClN2O3S/c1-26-18-6-8-19(9-7-18)27(24,25)23-20-14-17(21)5-4-16(20)3-2-15-10-12-22-13-11-15/h2-14,23H,1H3. The summed E-state index contributed by atoms with van der Waals surface area (Å²) in [6, 6.07) is 14.9. The van der Waals surface area contributed by atoms with Gasteiger partial charge in [-0.3, -0.25) is 9.71 Å². The van der Waals surface area contributed by atoms with Crippen molar-refractivity contribution in [3.8, 4) is 5.75 Å². The zero-order valence-corrected chi connectivity index (χ0v) is 16.0. The van der Waals surface area contributed by atoms with Gasteiger partial charge in [-0.15, -0.1) is 0 Å². The molecule has 0 saturated heterocycles. The number of rotatable bonds is 6. The van der Waals surface area contributed by atoms with E-state index in [-0.39, 0.29) is 4.90 Å². The molecule has 1 N–H and O–H groups in total. The molecule has 0 spiro atoms. The van der Waals surface area contributed by atoms with Crippen LogP contribution < -0.4 is 9.46 Å². The fourth-order valence-corrected chi connectivity index (χ4v) is 3.63. The molecule has 0 fully saturated rings. The number of pyridine rings is 1. The third-order valence-corrected chi connectivity index (χ3v) is 5.41. The topological polar surface area (TPSA) is 68.3 Å². The number of hydrogen-bond donors (Lipinski definition) is 1. The van der Waals surface area contributed by atoms with E-state index in [1.54, 1.807) is 42.7 Å². The van der Waals surface area contributed by atoms with Crippen molar-refractivity contribution in [2.45, 2.75) is 4.90 Å². The Hall–Kier alpha value is -2.83. The molecular weight excluding hydrogens is 384 g/mol. The molecule has 0 atom stereocenters. The highest BCUT2D eigenvalue weighted by Gasteiger charge is 2.16. The minimum atomic E-state index is -3.77. The predicted molar refractivity (Wildman–Crippen MR) is 108 cm³/mol. The third-order valence-electron chi connectivity index (χ3n) is 3.79. The van der Waals surface area contributed by atoms with E-state index in [1.807, 2.05) is 24.3 Å². The van der Waals surface area contributed by atoms with E-state index >= 15 is 0 Å². The van der Waals surface area contributed by atoms with Crippen LogP contribution in [0, 0.1) is 0 Å². The second kappa shape index (κ2) is 8.24. The molecule has 7 heteroatoms. The monoisotopic (exact) mass is 400 g/mol. The van der Waals surface area contributed by atoms with Crippen LogP contribution in [0.25, 0.3) is 12.2 Å². The van der Waals surface area contributed by atoms with E-state index in [0.29, 0.717) is 22.0 Å². The molecule has 5 nitrogen and oxygen atoms in total. The fourth-order valence-electron chi connectivity index (χ4n) is 2.38. The molecule has 1 heterocycles. The second-order valence-electron chi connectivity index (χ2n) is 5.63. The van der Waals surface area contributed by atoms with E-state index in [2.05, 4.69) is 9.71 Å². The maximum Gasteiger partial charge on any atom is 0.261 e. The van der Waals surface area contributed by atoms with Crippen LogP contribution in [0.3, 0.4) is 0 Å². The zero-order chi connectivity index (χ0) is 19.3. The Morgan fingerprint density at radius 1 is 1.00 bits per heavy atom. The van der Waals surface area contributed by atoms with Gasteiger partial charge in [-0.2, -0.15) is 0 Å². The summed E-state index contributed by atoms with van der Waals surface area (Å²) in [4.78, 5) is 4.10. The molecule has 0 bridgehead atoms. The highest BCUT2D eigenvalue weighted by Crippen LogP contribution is 2.26. The van der Waals surface area contributed by atoms with Gasteiger partial charge < -0.3 is 4.74 Å². The second-order valence-corrected chi connectivity index (χ2v) is 7.75. The van der Waals surface area contributed by atoms with Gasteiger partial charge >= 0.3 is 0 Å². The molecule has 138 valence electrons. The van der Waals surface area contributed by atoms with E-state index < -0.39 is 10.0 Å². The number of halogens is 1. The summed E-state index contributed by atoms with van der Waals surface area (Å²) in [6.45, 7) is 0. The van der Waals surface area contributed by atoms with Crippen molar-refractivity contribution in [2.75, 3.05) is 11.8 Å². The molecule has 0 saturated carbocycles. The summed E-state index contributed by atoms with van der Waals surface area (Å²) >= 11 is 6.06. The average molecular weight is 401 g/mol. The Labute approximate surface area is 163 Å². The fraction of sp³-hybridized carbons (Fsp3) is 0.0500. The van der Waals surface area contributed by atoms with Crippen LogP contribution in [0.4, 0.5) is 5.69 Å². The van der Waals surface area contributed by atoms with Crippen LogP contribution >= 0.6 is 11.6 Å². The third kappa shape index (κ3) is 4.87. The number of hydrogen-bond acceptors (Lipinski definition) is 4. The summed E-state index contributed by atoms with van der Waals surface area (Å²) in [6.07, 6.45) is 7.07. The van der Waals surface area contributed by atoms with Crippen LogP contribution in [0.15, 0.2) is 71.9 Å². The molecule has 0 amide bonds. The summed E-state index contributed by atoms with van der Waals surface area (Å²) in [5.41, 5.74) is 2.03. The number of methoxy groups -OCH3 is 1. The van der Waals surface area contributed by atoms with Crippen molar-refractivity contribution >= 4 is 39.5 Å². The number of benzene rings is 2. The van der Waals surface area contributed by atoms with Crippen molar-refractivity contribution < 1.29 is 13.2 Å². The zero-order valence-electron chi connectivity index (χ0n) is 14.5. The van der Waals surface area contributed by atoms with Gasteiger partial charge in [0.05, 0.1) is 17.7 Å². The molecule has 1 aromatic heterocycles. The van der Waals surface area contributed by atoms with Gasteiger partial charge in [0.2, 0.25) is 0 Å². The summed E-state index contributed by atoms with van der Waals surface area (Å²) in [5.74, 6) is 0.581. The minimum Gasteiger partial charge on any atom is -0.497 e. The van der Waals surface area contributed by atoms with Crippen LogP contribution in [-0.4, -0.2) is 20.5 Å². The Balaban J connectivity index is 1.91. The molecule has 0 aliphatic rings. The van der Waals surface area contributed by atoms with Crippen LogP contribution in [0.1, 0.15) is 11.1 Å². The lowest BCUT2D eigenvalue weighted by atomic mass is 10.1. The van der Waals surface area contributed by atoms with Crippen molar-refractivity contribution in [1.82, 2.24) is 4.98 Å². The number of ether oxygens (including phenoxy) is 1. The van der Waals surface area contributed by atoms with E-state index in [0.717, 1.165) is 5.56 Å². The number of sulfonamides is 1. The predicted octanol–water partition coefficient (Wildman–Crippen LogP) is 4.71. The normalized spacial score (nSPS) is 11.5. The van der Waals surface area contributed by atoms with Gasteiger partial charge in [0, 0.05) is 17.4 Å². The highest BCUT2D eigenvalue weighted by molar-refractivity contribution is 7.92. The Morgan fingerprint density at radius 2 is 1.70 bits per heavy atom. The van der Waals surface area contributed by atoms with Crippen molar-refractivity contribution in [3.05, 3.63) is 83.1 Å². The molecule has 3 rings (SSSR count). The number of nitrogens with zero attached hydrogens (tertiary/aromatic N) is 1. The van der Waals surface area contributed by atoms with Gasteiger partial charge in [-0.05, 0) is 59.7 Å². The first-order valence-electron chi connectivity index (χ1n) is 8.02. The molecule has 2 aromatic carbocycles. The van der Waals surface area contributed by atoms with Gasteiger partial charge in [0.25, 0.3) is 10.0 Å². The van der Waals surface area contributed by atoms with Crippen LogP contribution in [-0.2, 0) is 10.0 Å². The molecular formula is C20H17ClN2O3S. The van der Waals surface area contributed by atoms with Crippen molar-refractivity contribution in [3.63, 3.8) is 0 Å². The minimum absolute atomic E-state index is 0.132. The number of anilines is 1.